The van der Waals surface area contributed by atoms with Crippen LogP contribution < -0.4 is 10.0 Å². The van der Waals surface area contributed by atoms with Crippen LogP contribution in [0.5, 0.6) is 0 Å². The van der Waals surface area contributed by atoms with Gasteiger partial charge in [0.25, 0.3) is 10.0 Å². The summed E-state index contributed by atoms with van der Waals surface area (Å²) >= 11 is 6.41. The highest BCUT2D eigenvalue weighted by atomic mass is 35.5. The highest BCUT2D eigenvalue weighted by Gasteiger charge is 2.43. The number of alkyl halides is 3. The molecule has 0 spiro atoms. The first-order valence-corrected chi connectivity index (χ1v) is 14.9. The zero-order valence-electron chi connectivity index (χ0n) is 23.0. The molecule has 1 heterocycles. The van der Waals surface area contributed by atoms with Crippen molar-refractivity contribution in [1.82, 2.24) is 14.9 Å². The van der Waals surface area contributed by atoms with Gasteiger partial charge in [0, 0.05) is 18.3 Å². The molecule has 0 bridgehead atoms. The largest absolute Gasteiger partial charge is 0.416 e. The first kappa shape index (κ1) is 34.3. The Balaban J connectivity index is 1.68. The van der Waals surface area contributed by atoms with Gasteiger partial charge < -0.3 is 10.2 Å². The lowest BCUT2D eigenvalue weighted by Crippen LogP contribution is -2.70. The number of halogens is 5. The first-order valence-electron chi connectivity index (χ1n) is 13.0. The molecule has 2 aromatic carbocycles. The van der Waals surface area contributed by atoms with Crippen molar-refractivity contribution in [1.29, 1.82) is 0 Å². The summed E-state index contributed by atoms with van der Waals surface area (Å²) in [5, 5.41) is -1.56. The zero-order valence-corrected chi connectivity index (χ0v) is 24.5. The van der Waals surface area contributed by atoms with Crippen molar-refractivity contribution in [3.8, 4) is 0 Å². The molecule has 2 N–H and O–H groups in total. The van der Waals surface area contributed by atoms with Crippen molar-refractivity contribution in [2.45, 2.75) is 58.8 Å². The van der Waals surface area contributed by atoms with Crippen LogP contribution in [0, 0.1) is 5.82 Å². The van der Waals surface area contributed by atoms with E-state index in [0.29, 0.717) is 12.0 Å². The zero-order chi connectivity index (χ0) is 32.7. The van der Waals surface area contributed by atoms with Crippen molar-refractivity contribution < 1.29 is 26.0 Å². The molecule has 7 nitrogen and oxygen atoms in total. The standard InChI is InChI=1S/C25H20B6ClF4N5O2S/c26-24(27,28)41(25(29,30)31)20-9-14(13-2-1-3-15(8-13)23(34,35)36)4-5-18(20)39-19-11-17(33)21(10-16(19)32)44(42,43)40-22-6-7-37-12-38-22/h1-3,6-8,10-12,14,18,20,39H,4-5,9H2,(H,37,38,40)/t14-,18-,20-/m0/s1. The Labute approximate surface area is 266 Å². The van der Waals surface area contributed by atoms with E-state index in [9.17, 15) is 21.6 Å². The van der Waals surface area contributed by atoms with Gasteiger partial charge in [-0.25, -0.2) is 22.8 Å². The van der Waals surface area contributed by atoms with Gasteiger partial charge in [0.15, 0.2) is 0 Å². The van der Waals surface area contributed by atoms with Gasteiger partial charge in [-0.2, -0.15) is 13.2 Å². The molecule has 1 aliphatic rings. The lowest BCUT2D eigenvalue weighted by Gasteiger charge is -2.57. The second-order valence-corrected chi connectivity index (χ2v) is 12.6. The summed E-state index contributed by atoms with van der Waals surface area (Å²) in [6.07, 6.45) is -1.53. The minimum Gasteiger partial charge on any atom is -0.379 e. The van der Waals surface area contributed by atoms with Crippen molar-refractivity contribution in [3.63, 3.8) is 0 Å². The Hall–Kier alpha value is -2.57. The molecule has 1 aliphatic carbocycles. The van der Waals surface area contributed by atoms with Crippen LogP contribution in [0.25, 0.3) is 0 Å². The van der Waals surface area contributed by atoms with Crippen molar-refractivity contribution in [2.75, 3.05) is 10.0 Å². The Bertz CT molecular complexity index is 1580. The van der Waals surface area contributed by atoms with E-state index in [2.05, 4.69) is 20.0 Å². The fourth-order valence-electron chi connectivity index (χ4n) is 5.37. The third-order valence-electron chi connectivity index (χ3n) is 7.14. The quantitative estimate of drug-likeness (QED) is 0.280. The normalized spacial score (nSPS) is 19.9. The minimum atomic E-state index is -4.56. The number of aromatic nitrogens is 2. The van der Waals surface area contributed by atoms with Crippen LogP contribution in [0.2, 0.25) is 5.02 Å². The van der Waals surface area contributed by atoms with Crippen LogP contribution >= 0.6 is 11.6 Å². The average molecular weight is 631 g/mol. The van der Waals surface area contributed by atoms with E-state index >= 15 is 4.39 Å². The number of nitrogens with one attached hydrogen (secondary N) is 2. The highest BCUT2D eigenvalue weighted by molar-refractivity contribution is 7.92. The van der Waals surface area contributed by atoms with Crippen LogP contribution in [-0.4, -0.2) is 92.9 Å². The molecule has 0 aliphatic heterocycles. The molecule has 12 radical (unpaired) electrons. The van der Waals surface area contributed by atoms with E-state index < -0.39 is 61.0 Å². The van der Waals surface area contributed by atoms with Crippen LogP contribution in [-0.2, 0) is 16.2 Å². The molecular weight excluding hydrogens is 611 g/mol. The molecule has 44 heavy (non-hydrogen) atoms. The molecule has 216 valence electrons. The van der Waals surface area contributed by atoms with Gasteiger partial charge in [0.2, 0.25) is 0 Å². The Morgan fingerprint density at radius 1 is 0.977 bits per heavy atom. The Morgan fingerprint density at radius 3 is 2.25 bits per heavy atom. The van der Waals surface area contributed by atoms with Gasteiger partial charge >= 0.3 is 6.18 Å². The third-order valence-corrected chi connectivity index (χ3v) is 8.82. The maximum Gasteiger partial charge on any atom is 0.416 e. The predicted octanol–water partition coefficient (Wildman–Crippen LogP) is 2.74. The average Bonchev–Trinajstić information content (AvgIpc) is 2.89. The topological polar surface area (TPSA) is 87.2 Å². The summed E-state index contributed by atoms with van der Waals surface area (Å²) < 4.78 is 83.4. The number of nitrogens with zero attached hydrogens (tertiary/aromatic N) is 3. The fourth-order valence-corrected chi connectivity index (χ4v) is 6.75. The number of anilines is 2. The van der Waals surface area contributed by atoms with Crippen molar-refractivity contribution in [2.24, 2.45) is 0 Å². The first-order chi connectivity index (χ1) is 20.3. The summed E-state index contributed by atoms with van der Waals surface area (Å²) in [4.78, 5) is 7.69. The molecular formula is C25H20B6ClF4N5O2S. The Kier molecular flexibility index (Phi) is 9.88. The highest BCUT2D eigenvalue weighted by Crippen LogP contribution is 2.41. The van der Waals surface area contributed by atoms with Crippen LogP contribution in [0.1, 0.15) is 36.3 Å². The van der Waals surface area contributed by atoms with E-state index in [1.54, 1.807) is 6.07 Å². The summed E-state index contributed by atoms with van der Waals surface area (Å²) in [7, 11) is 31.5. The molecule has 0 unspecified atom stereocenters. The molecule has 4 rings (SSSR count). The molecule has 1 aromatic heterocycles. The lowest BCUT2D eigenvalue weighted by atomic mass is 9.40. The van der Waals surface area contributed by atoms with Crippen molar-refractivity contribution in [3.05, 3.63) is 77.0 Å². The van der Waals surface area contributed by atoms with Crippen molar-refractivity contribution >= 4 is 80.2 Å². The van der Waals surface area contributed by atoms with Gasteiger partial charge in [-0.15, -0.1) is 0 Å². The molecule has 1 saturated carbocycles. The fraction of sp³-hybridized carbons (Fsp3) is 0.360. The molecule has 3 aromatic rings. The molecule has 0 amide bonds. The van der Waals surface area contributed by atoms with Gasteiger partial charge in [-0.1, -0.05) is 40.3 Å². The van der Waals surface area contributed by atoms with Gasteiger partial charge in [0.1, 0.15) is 22.9 Å². The SMILES string of the molecule is [B]C([B])([B])N([C@H]1C[C@@H](c2cccc(C(F)(F)F)c2)CC[C@@H]1Nc1cc(F)c(S(=O)(=O)Nc2ccncn2)cc1Cl)C([B])([B])[B]. The third kappa shape index (κ3) is 7.98. The number of hydrogen-bond acceptors (Lipinski definition) is 6. The van der Waals surface area contributed by atoms with Crippen LogP contribution in [0.4, 0.5) is 29.1 Å². The molecule has 19 heteroatoms. The van der Waals surface area contributed by atoms with Gasteiger partial charge in [0.05, 0.1) is 63.4 Å². The predicted molar refractivity (Wildman–Crippen MR) is 165 cm³/mol. The molecule has 3 atom stereocenters. The number of rotatable bonds is 9. The second kappa shape index (κ2) is 12.7. The van der Waals surface area contributed by atoms with Gasteiger partial charge in [-0.05, 0) is 55.0 Å². The van der Waals surface area contributed by atoms with Crippen LogP contribution in [0.15, 0.2) is 59.9 Å². The minimum absolute atomic E-state index is 0.0223. The summed E-state index contributed by atoms with van der Waals surface area (Å²) in [5.41, 5.74) is -0.468. The second-order valence-electron chi connectivity index (χ2n) is 10.6. The van der Waals surface area contributed by atoms with E-state index in [1.807, 2.05) is 0 Å². The van der Waals surface area contributed by atoms with E-state index in [4.69, 9.17) is 58.7 Å². The molecule has 1 fully saturated rings. The Morgan fingerprint density at radius 2 is 1.66 bits per heavy atom. The number of benzene rings is 2. The van der Waals surface area contributed by atoms with E-state index in [-0.39, 0.29) is 29.4 Å². The number of sulfonamides is 1. The maximum absolute atomic E-state index is 15.3. The number of hydrogen-bond donors (Lipinski definition) is 2. The van der Waals surface area contributed by atoms with E-state index in [1.165, 1.54) is 18.3 Å². The molecule has 0 saturated heterocycles. The monoisotopic (exact) mass is 631 g/mol. The van der Waals surface area contributed by atoms with E-state index in [0.717, 1.165) is 35.5 Å². The summed E-state index contributed by atoms with van der Waals surface area (Å²) in [6.45, 7) is 0. The van der Waals surface area contributed by atoms with Gasteiger partial charge in [-0.3, -0.25) is 4.72 Å². The lowest BCUT2D eigenvalue weighted by molar-refractivity contribution is -0.137. The summed E-state index contributed by atoms with van der Waals surface area (Å²) in [5.74, 6) is -1.72. The maximum atomic E-state index is 15.3. The smallest absolute Gasteiger partial charge is 0.379 e. The summed E-state index contributed by atoms with van der Waals surface area (Å²) in [6, 6.07) is 6.21. The van der Waals surface area contributed by atoms with Crippen LogP contribution in [0.3, 0.4) is 0 Å².